The molecule has 0 fully saturated rings. The van der Waals surface area contributed by atoms with Gasteiger partial charge in [0.25, 0.3) is 0 Å². The predicted octanol–water partition coefficient (Wildman–Crippen LogP) is 1.91. The molecule has 2 rings (SSSR count). The third-order valence-corrected chi connectivity index (χ3v) is 2.93. The fourth-order valence-corrected chi connectivity index (χ4v) is 2.03. The maximum Gasteiger partial charge on any atom is 0.116 e. The molecule has 1 heterocycles. The Hall–Kier alpha value is -1.52. The second-order valence-electron chi connectivity index (χ2n) is 3.36. The maximum absolute atomic E-state index is 10.9. The van der Waals surface area contributed by atoms with Crippen molar-refractivity contribution in [2.24, 2.45) is 0 Å². The van der Waals surface area contributed by atoms with E-state index < -0.39 is 11.1 Å². The van der Waals surface area contributed by atoms with E-state index in [-0.39, 0.29) is 5.03 Å². The van der Waals surface area contributed by atoms with E-state index in [4.69, 9.17) is 0 Å². The molecule has 2 aromatic rings. The van der Waals surface area contributed by atoms with Crippen LogP contribution in [-0.2, 0) is 17.5 Å². The lowest BCUT2D eigenvalue weighted by Crippen LogP contribution is -2.00. The van der Waals surface area contributed by atoms with Gasteiger partial charge in [0.1, 0.15) is 5.03 Å². The van der Waals surface area contributed by atoms with E-state index >= 15 is 0 Å². The summed E-state index contributed by atoms with van der Waals surface area (Å²) in [6.45, 7) is 0. The average molecular weight is 232 g/mol. The van der Waals surface area contributed by atoms with Gasteiger partial charge in [-0.15, -0.1) is 0 Å². The van der Waals surface area contributed by atoms with Gasteiger partial charge in [-0.25, -0.2) is 4.98 Å². The lowest BCUT2D eigenvalue weighted by molar-refractivity contribution is 0.532. The molecule has 0 bridgehead atoms. The Morgan fingerprint density at radius 2 is 1.88 bits per heavy atom. The normalized spacial score (nSPS) is 12.3. The summed E-state index contributed by atoms with van der Waals surface area (Å²) < 4.78 is 21.9. The summed E-state index contributed by atoms with van der Waals surface area (Å²) in [5.74, 6) is 0. The Labute approximate surface area is 96.5 Å². The average Bonchev–Trinajstić information content (AvgIpc) is 2.31. The first-order valence-electron chi connectivity index (χ1n) is 4.84. The Kier molecular flexibility index (Phi) is 3.44. The fourth-order valence-electron chi connectivity index (χ4n) is 1.52. The van der Waals surface area contributed by atoms with Gasteiger partial charge in [-0.05, 0) is 28.3 Å². The summed E-state index contributed by atoms with van der Waals surface area (Å²) in [4.78, 5) is 3.86. The van der Waals surface area contributed by atoms with Crippen molar-refractivity contribution in [2.75, 3.05) is 0 Å². The molecule has 3 nitrogen and oxygen atoms in total. The van der Waals surface area contributed by atoms with Gasteiger partial charge in [0.05, 0.1) is 0 Å². The van der Waals surface area contributed by atoms with E-state index in [1.54, 1.807) is 12.1 Å². The van der Waals surface area contributed by atoms with E-state index in [0.29, 0.717) is 6.42 Å². The largest absolute Gasteiger partial charge is 0.767 e. The Bertz CT molecular complexity index is 499. The number of rotatable bonds is 3. The summed E-state index contributed by atoms with van der Waals surface area (Å²) in [6, 6.07) is 13.2. The zero-order valence-corrected chi connectivity index (χ0v) is 9.31. The molecular formula is C12H10NO2S-. The van der Waals surface area contributed by atoms with Crippen molar-refractivity contribution in [3.8, 4) is 0 Å². The summed E-state index contributed by atoms with van der Waals surface area (Å²) >= 11 is -2.28. The number of hydrogen-bond acceptors (Lipinski definition) is 3. The lowest BCUT2D eigenvalue weighted by atomic mass is 10.1. The first-order valence-corrected chi connectivity index (χ1v) is 5.92. The summed E-state index contributed by atoms with van der Waals surface area (Å²) in [5.41, 5.74) is 1.80. The van der Waals surface area contributed by atoms with Gasteiger partial charge in [-0.2, -0.15) is 0 Å². The minimum absolute atomic E-state index is 0.131. The highest BCUT2D eigenvalue weighted by atomic mass is 32.2. The Morgan fingerprint density at radius 1 is 1.12 bits per heavy atom. The van der Waals surface area contributed by atoms with Crippen molar-refractivity contribution in [1.29, 1.82) is 0 Å². The highest BCUT2D eigenvalue weighted by molar-refractivity contribution is 7.79. The van der Waals surface area contributed by atoms with Crippen LogP contribution < -0.4 is 0 Å². The van der Waals surface area contributed by atoms with Crippen molar-refractivity contribution < 1.29 is 8.76 Å². The maximum atomic E-state index is 10.9. The highest BCUT2D eigenvalue weighted by Gasteiger charge is 2.04. The molecule has 0 amide bonds. The topological polar surface area (TPSA) is 53.0 Å². The van der Waals surface area contributed by atoms with Gasteiger partial charge in [0.15, 0.2) is 0 Å². The number of aromatic nitrogens is 1. The number of nitrogens with zero attached hydrogens (tertiary/aromatic N) is 1. The minimum atomic E-state index is -2.28. The van der Waals surface area contributed by atoms with Crippen molar-refractivity contribution in [2.45, 2.75) is 11.4 Å². The van der Waals surface area contributed by atoms with Crippen LogP contribution in [0.4, 0.5) is 0 Å². The number of pyridine rings is 1. The molecule has 1 aromatic carbocycles. The summed E-state index contributed by atoms with van der Waals surface area (Å²) in [6.07, 6.45) is 2.07. The smallest absolute Gasteiger partial charge is 0.116 e. The Morgan fingerprint density at radius 3 is 2.56 bits per heavy atom. The number of benzene rings is 1. The zero-order chi connectivity index (χ0) is 11.4. The summed E-state index contributed by atoms with van der Waals surface area (Å²) in [7, 11) is 0. The molecule has 0 N–H and O–H groups in total. The molecule has 0 saturated heterocycles. The van der Waals surface area contributed by atoms with E-state index in [1.807, 2.05) is 30.3 Å². The SMILES string of the molecule is O=S([O-])c1ncccc1Cc1ccccc1. The van der Waals surface area contributed by atoms with E-state index in [0.717, 1.165) is 11.1 Å². The molecule has 0 radical (unpaired) electrons. The molecule has 0 aliphatic carbocycles. The van der Waals surface area contributed by atoms with Crippen LogP contribution in [0.15, 0.2) is 53.7 Å². The van der Waals surface area contributed by atoms with E-state index in [2.05, 4.69) is 4.98 Å². The molecule has 4 heteroatoms. The third-order valence-electron chi connectivity index (χ3n) is 2.25. The lowest BCUT2D eigenvalue weighted by Gasteiger charge is -2.10. The van der Waals surface area contributed by atoms with Crippen LogP contribution in [0.3, 0.4) is 0 Å². The van der Waals surface area contributed by atoms with Crippen LogP contribution in [0.25, 0.3) is 0 Å². The third kappa shape index (κ3) is 2.53. The standard InChI is InChI=1S/C12H11NO2S/c14-16(15)12-11(7-4-8-13-12)9-10-5-2-1-3-6-10/h1-8H,9H2,(H,14,15)/p-1. The second-order valence-corrected chi connectivity index (χ2v) is 4.22. The van der Waals surface area contributed by atoms with Crippen molar-refractivity contribution in [1.82, 2.24) is 4.98 Å². The zero-order valence-electron chi connectivity index (χ0n) is 8.50. The molecular weight excluding hydrogens is 222 g/mol. The molecule has 1 aromatic heterocycles. The molecule has 0 saturated carbocycles. The van der Waals surface area contributed by atoms with Gasteiger partial charge in [0.2, 0.25) is 0 Å². The molecule has 1 unspecified atom stereocenters. The van der Waals surface area contributed by atoms with Gasteiger partial charge in [-0.1, -0.05) is 36.4 Å². The van der Waals surface area contributed by atoms with Crippen LogP contribution in [0.5, 0.6) is 0 Å². The van der Waals surface area contributed by atoms with Crippen molar-refractivity contribution in [3.05, 3.63) is 59.8 Å². The van der Waals surface area contributed by atoms with Crippen LogP contribution in [-0.4, -0.2) is 13.7 Å². The van der Waals surface area contributed by atoms with Gasteiger partial charge >= 0.3 is 0 Å². The minimum Gasteiger partial charge on any atom is -0.767 e. The van der Waals surface area contributed by atoms with Crippen LogP contribution in [0, 0.1) is 0 Å². The van der Waals surface area contributed by atoms with Gasteiger partial charge in [0, 0.05) is 12.6 Å². The quantitative estimate of drug-likeness (QED) is 0.759. The first-order chi connectivity index (χ1) is 7.77. The predicted molar refractivity (Wildman–Crippen MR) is 60.7 cm³/mol. The number of hydrogen-bond donors (Lipinski definition) is 0. The van der Waals surface area contributed by atoms with Gasteiger partial charge in [-0.3, -0.25) is 4.21 Å². The van der Waals surface area contributed by atoms with Crippen LogP contribution in [0.2, 0.25) is 0 Å². The first kappa shape index (κ1) is 11.0. The van der Waals surface area contributed by atoms with E-state index in [1.165, 1.54) is 6.20 Å². The summed E-state index contributed by atoms with van der Waals surface area (Å²) in [5, 5.41) is 0.131. The van der Waals surface area contributed by atoms with E-state index in [9.17, 15) is 8.76 Å². The molecule has 1 atom stereocenters. The van der Waals surface area contributed by atoms with Crippen molar-refractivity contribution >= 4 is 11.1 Å². The van der Waals surface area contributed by atoms with Crippen LogP contribution >= 0.6 is 0 Å². The van der Waals surface area contributed by atoms with Crippen molar-refractivity contribution in [3.63, 3.8) is 0 Å². The Balaban J connectivity index is 2.31. The molecule has 0 aliphatic rings. The molecule has 0 aliphatic heterocycles. The molecule has 82 valence electrons. The van der Waals surface area contributed by atoms with Crippen LogP contribution in [0.1, 0.15) is 11.1 Å². The fraction of sp³-hybridized carbons (Fsp3) is 0.0833. The second kappa shape index (κ2) is 5.01. The molecule has 16 heavy (non-hydrogen) atoms. The molecule has 0 spiro atoms. The monoisotopic (exact) mass is 232 g/mol. The van der Waals surface area contributed by atoms with Gasteiger partial charge < -0.3 is 4.55 Å². The highest BCUT2D eigenvalue weighted by Crippen LogP contribution is 2.14.